The number of aliphatic imine (C=N–C) groups is 1. The molecule has 2 aromatic rings. The molecule has 2 aliphatic heterocycles. The minimum absolute atomic E-state index is 0.175. The Kier molecular flexibility index (Phi) is 6.31. The van der Waals surface area contributed by atoms with Crippen LogP contribution in [0, 0.1) is 0 Å². The predicted octanol–water partition coefficient (Wildman–Crippen LogP) is 1.33. The number of amides is 1. The number of hydrogen-bond donors (Lipinski definition) is 2. The van der Waals surface area contributed by atoms with E-state index >= 15 is 0 Å². The standard InChI is InChI=1S/C21H24N4O5S2/c26-21(16-8-10-17(11-9-16)32(29,30)25-14-4-1-5-15-25)23-13-12-22-20-18-6-2-3-7-19(18)31(27,28)24-20/h2-3,6-11H,1,4-5,12-15H2,(H,22,24)(H,23,26). The van der Waals surface area contributed by atoms with Gasteiger partial charge in [0.2, 0.25) is 10.0 Å². The summed E-state index contributed by atoms with van der Waals surface area (Å²) in [7, 11) is -7.14. The van der Waals surface area contributed by atoms with E-state index in [0.29, 0.717) is 24.2 Å². The molecule has 32 heavy (non-hydrogen) atoms. The minimum atomic E-state index is -3.60. The van der Waals surface area contributed by atoms with Crippen molar-refractivity contribution in [2.75, 3.05) is 26.2 Å². The lowest BCUT2D eigenvalue weighted by atomic mass is 10.2. The Morgan fingerprint density at radius 3 is 2.44 bits per heavy atom. The van der Waals surface area contributed by atoms with Crippen LogP contribution in [0.3, 0.4) is 0 Å². The number of fused-ring (bicyclic) bond motifs is 1. The molecule has 0 saturated carbocycles. The summed E-state index contributed by atoms with van der Waals surface area (Å²) in [4.78, 5) is 17.0. The second-order valence-electron chi connectivity index (χ2n) is 7.58. The van der Waals surface area contributed by atoms with E-state index < -0.39 is 20.0 Å². The average Bonchev–Trinajstić information content (AvgIpc) is 3.07. The van der Waals surface area contributed by atoms with Crippen LogP contribution in [-0.2, 0) is 20.0 Å². The van der Waals surface area contributed by atoms with Gasteiger partial charge in [-0.25, -0.2) is 16.8 Å². The van der Waals surface area contributed by atoms with Gasteiger partial charge >= 0.3 is 0 Å². The Hall–Kier alpha value is -2.76. The molecule has 1 fully saturated rings. The van der Waals surface area contributed by atoms with Crippen molar-refractivity contribution < 1.29 is 21.6 Å². The van der Waals surface area contributed by atoms with Crippen LogP contribution >= 0.6 is 0 Å². The fourth-order valence-electron chi connectivity index (χ4n) is 3.72. The van der Waals surface area contributed by atoms with E-state index in [1.165, 1.54) is 34.6 Å². The van der Waals surface area contributed by atoms with E-state index in [1.54, 1.807) is 18.2 Å². The average molecular weight is 477 g/mol. The highest BCUT2D eigenvalue weighted by molar-refractivity contribution is 7.90. The lowest BCUT2D eigenvalue weighted by molar-refractivity contribution is 0.0954. The second kappa shape index (κ2) is 9.00. The highest BCUT2D eigenvalue weighted by Gasteiger charge is 2.30. The molecule has 0 bridgehead atoms. The summed E-state index contributed by atoms with van der Waals surface area (Å²) in [6, 6.07) is 12.4. The summed E-state index contributed by atoms with van der Waals surface area (Å²) in [6.45, 7) is 1.42. The topological polar surface area (TPSA) is 125 Å². The number of rotatable bonds is 6. The third-order valence-corrected chi connectivity index (χ3v) is 8.71. The molecule has 1 amide bonds. The number of carbonyl (C=O) groups is 1. The van der Waals surface area contributed by atoms with Gasteiger partial charge in [-0.15, -0.1) is 0 Å². The molecular formula is C21H24N4O5S2. The predicted molar refractivity (Wildman–Crippen MR) is 120 cm³/mol. The molecule has 2 aliphatic rings. The number of nitrogens with zero attached hydrogens (tertiary/aromatic N) is 2. The van der Waals surface area contributed by atoms with E-state index in [1.807, 2.05) is 0 Å². The van der Waals surface area contributed by atoms with Gasteiger partial charge in [-0.05, 0) is 49.2 Å². The van der Waals surface area contributed by atoms with Crippen LogP contribution in [0.4, 0.5) is 0 Å². The Morgan fingerprint density at radius 1 is 1.03 bits per heavy atom. The van der Waals surface area contributed by atoms with Crippen molar-refractivity contribution in [1.82, 2.24) is 14.3 Å². The highest BCUT2D eigenvalue weighted by atomic mass is 32.2. The zero-order valence-corrected chi connectivity index (χ0v) is 19.0. The third-order valence-electron chi connectivity index (χ3n) is 5.40. The zero-order chi connectivity index (χ0) is 22.8. The van der Waals surface area contributed by atoms with Gasteiger partial charge in [0, 0.05) is 30.8 Å². The summed E-state index contributed by atoms with van der Waals surface area (Å²) < 4.78 is 53.5. The number of sulfonamides is 2. The molecule has 0 atom stereocenters. The first-order valence-electron chi connectivity index (χ1n) is 10.3. The largest absolute Gasteiger partial charge is 0.350 e. The molecule has 2 aromatic carbocycles. The molecule has 2 heterocycles. The third kappa shape index (κ3) is 4.54. The highest BCUT2D eigenvalue weighted by Crippen LogP contribution is 2.22. The fourth-order valence-corrected chi connectivity index (χ4v) is 6.49. The van der Waals surface area contributed by atoms with Crippen molar-refractivity contribution in [2.24, 2.45) is 4.99 Å². The van der Waals surface area contributed by atoms with Crippen molar-refractivity contribution in [3.63, 3.8) is 0 Å². The molecule has 170 valence electrons. The normalized spacial score (nSPS) is 19.3. The first-order valence-corrected chi connectivity index (χ1v) is 13.3. The Balaban J connectivity index is 1.35. The first kappa shape index (κ1) is 22.4. The van der Waals surface area contributed by atoms with Gasteiger partial charge in [0.05, 0.1) is 16.3 Å². The lowest BCUT2D eigenvalue weighted by Gasteiger charge is -2.25. The van der Waals surface area contributed by atoms with Crippen LogP contribution in [-0.4, -0.2) is 59.1 Å². The van der Waals surface area contributed by atoms with Crippen molar-refractivity contribution in [3.8, 4) is 0 Å². The fraction of sp³-hybridized carbons (Fsp3) is 0.333. The van der Waals surface area contributed by atoms with Crippen LogP contribution < -0.4 is 10.0 Å². The smallest absolute Gasteiger partial charge is 0.263 e. The monoisotopic (exact) mass is 476 g/mol. The molecule has 0 spiro atoms. The van der Waals surface area contributed by atoms with Gasteiger partial charge in [-0.1, -0.05) is 18.6 Å². The number of benzene rings is 2. The number of hydrogen-bond acceptors (Lipinski definition) is 6. The van der Waals surface area contributed by atoms with E-state index in [-0.39, 0.29) is 34.6 Å². The number of nitrogens with one attached hydrogen (secondary N) is 2. The molecule has 0 aromatic heterocycles. The molecule has 4 rings (SSSR count). The Morgan fingerprint density at radius 2 is 1.72 bits per heavy atom. The molecular weight excluding hydrogens is 452 g/mol. The Bertz CT molecular complexity index is 1250. The maximum atomic E-state index is 12.7. The number of piperidine rings is 1. The number of carbonyl (C=O) groups excluding carboxylic acids is 1. The SMILES string of the molecule is O=C(NCCN=C1NS(=O)(=O)c2ccccc21)c1ccc(S(=O)(=O)N2CCCCC2)cc1. The summed E-state index contributed by atoms with van der Waals surface area (Å²) in [5.74, 6) is -0.110. The first-order chi connectivity index (χ1) is 15.3. The molecule has 0 aliphatic carbocycles. The molecule has 2 N–H and O–H groups in total. The van der Waals surface area contributed by atoms with Gasteiger partial charge in [-0.3, -0.25) is 14.5 Å². The van der Waals surface area contributed by atoms with Crippen LogP contribution in [0.5, 0.6) is 0 Å². The molecule has 0 unspecified atom stereocenters. The lowest BCUT2D eigenvalue weighted by Crippen LogP contribution is -2.35. The van der Waals surface area contributed by atoms with Crippen LogP contribution in [0.2, 0.25) is 0 Å². The molecule has 11 heteroatoms. The van der Waals surface area contributed by atoms with Crippen molar-refractivity contribution >= 4 is 31.8 Å². The van der Waals surface area contributed by atoms with Gasteiger partial charge in [-0.2, -0.15) is 4.31 Å². The van der Waals surface area contributed by atoms with Crippen LogP contribution in [0.25, 0.3) is 0 Å². The Labute approximate surface area is 187 Å². The maximum absolute atomic E-state index is 12.7. The van der Waals surface area contributed by atoms with E-state index in [4.69, 9.17) is 0 Å². The summed E-state index contributed by atoms with van der Waals surface area (Å²) in [6.07, 6.45) is 2.75. The van der Waals surface area contributed by atoms with Crippen molar-refractivity contribution in [2.45, 2.75) is 29.1 Å². The van der Waals surface area contributed by atoms with Gasteiger partial charge in [0.25, 0.3) is 15.9 Å². The maximum Gasteiger partial charge on any atom is 0.263 e. The van der Waals surface area contributed by atoms with Gasteiger partial charge in [0.15, 0.2) is 0 Å². The van der Waals surface area contributed by atoms with Crippen molar-refractivity contribution in [3.05, 3.63) is 59.7 Å². The summed E-state index contributed by atoms with van der Waals surface area (Å²) in [5, 5.41) is 2.71. The summed E-state index contributed by atoms with van der Waals surface area (Å²) in [5.41, 5.74) is 0.839. The summed E-state index contributed by atoms with van der Waals surface area (Å²) >= 11 is 0. The van der Waals surface area contributed by atoms with Gasteiger partial charge in [0.1, 0.15) is 5.84 Å². The van der Waals surface area contributed by atoms with Crippen molar-refractivity contribution in [1.29, 1.82) is 0 Å². The quantitative estimate of drug-likeness (QED) is 0.609. The van der Waals surface area contributed by atoms with Crippen LogP contribution in [0.15, 0.2) is 63.3 Å². The van der Waals surface area contributed by atoms with E-state index in [9.17, 15) is 21.6 Å². The second-order valence-corrected chi connectivity index (χ2v) is 11.2. The van der Waals surface area contributed by atoms with Gasteiger partial charge < -0.3 is 5.32 Å². The minimum Gasteiger partial charge on any atom is -0.350 e. The number of amidine groups is 1. The molecule has 1 saturated heterocycles. The van der Waals surface area contributed by atoms with E-state index in [0.717, 1.165) is 19.3 Å². The van der Waals surface area contributed by atoms with E-state index in [2.05, 4.69) is 15.0 Å². The van der Waals surface area contributed by atoms with Crippen LogP contribution in [0.1, 0.15) is 35.2 Å². The molecule has 9 nitrogen and oxygen atoms in total. The zero-order valence-electron chi connectivity index (χ0n) is 17.3. The molecule has 0 radical (unpaired) electrons.